The second-order valence-corrected chi connectivity index (χ2v) is 6.33. The fourth-order valence-electron chi connectivity index (χ4n) is 2.34. The van der Waals surface area contributed by atoms with Crippen LogP contribution in [-0.2, 0) is 0 Å². The zero-order chi connectivity index (χ0) is 13.8. The molecular weight excluding hydrogens is 258 g/mol. The van der Waals surface area contributed by atoms with Crippen LogP contribution in [-0.4, -0.2) is 49.4 Å². The Labute approximate surface area is 119 Å². The molecule has 1 aliphatic rings. The monoisotopic (exact) mass is 281 g/mol. The van der Waals surface area contributed by atoms with Crippen LogP contribution >= 0.6 is 11.3 Å². The Morgan fingerprint density at radius 3 is 2.84 bits per heavy atom. The lowest BCUT2D eigenvalue weighted by atomic mass is 10.0. The van der Waals surface area contributed by atoms with Crippen molar-refractivity contribution in [2.75, 3.05) is 38.1 Å². The van der Waals surface area contributed by atoms with Crippen LogP contribution in [0.25, 0.3) is 0 Å². The predicted octanol–water partition coefficient (Wildman–Crippen LogP) is 2.61. The standard InChI is InChI=1S/C14H23N3OS/c1-4-11(2)13-12(10-18)19-14(15-13)17-7-5-6-16(3)8-9-17/h10-11H,4-9H2,1-3H3. The van der Waals surface area contributed by atoms with E-state index in [1.165, 1.54) is 0 Å². The summed E-state index contributed by atoms with van der Waals surface area (Å²) in [6.45, 7) is 8.52. The van der Waals surface area contributed by atoms with Gasteiger partial charge < -0.3 is 9.80 Å². The van der Waals surface area contributed by atoms with Crippen LogP contribution in [0.1, 0.15) is 48.0 Å². The molecule has 0 N–H and O–H groups in total. The maximum atomic E-state index is 11.2. The highest BCUT2D eigenvalue weighted by Crippen LogP contribution is 2.31. The summed E-state index contributed by atoms with van der Waals surface area (Å²) in [5.41, 5.74) is 0.982. The van der Waals surface area contributed by atoms with Crippen molar-refractivity contribution >= 4 is 22.8 Å². The van der Waals surface area contributed by atoms with Gasteiger partial charge in [-0.05, 0) is 32.4 Å². The van der Waals surface area contributed by atoms with Crippen LogP contribution in [0, 0.1) is 0 Å². The number of likely N-dealkylation sites (N-methyl/N-ethyl adjacent to an activating group) is 1. The van der Waals surface area contributed by atoms with E-state index in [4.69, 9.17) is 4.98 Å². The van der Waals surface area contributed by atoms with Crippen molar-refractivity contribution in [1.82, 2.24) is 9.88 Å². The highest BCUT2D eigenvalue weighted by Gasteiger charge is 2.20. The molecule has 0 aromatic carbocycles. The second kappa shape index (κ2) is 6.48. The van der Waals surface area contributed by atoms with Crippen molar-refractivity contribution in [1.29, 1.82) is 0 Å². The van der Waals surface area contributed by atoms with Gasteiger partial charge in [-0.2, -0.15) is 0 Å². The molecule has 0 spiro atoms. The van der Waals surface area contributed by atoms with Crippen LogP contribution in [0.5, 0.6) is 0 Å². The fourth-order valence-corrected chi connectivity index (χ4v) is 3.39. The molecule has 1 saturated heterocycles. The first kappa shape index (κ1) is 14.5. The Hall–Kier alpha value is -0.940. The smallest absolute Gasteiger partial charge is 0.186 e. The number of anilines is 1. The third-order valence-electron chi connectivity index (χ3n) is 3.85. The van der Waals surface area contributed by atoms with E-state index in [0.29, 0.717) is 5.92 Å². The summed E-state index contributed by atoms with van der Waals surface area (Å²) in [6.07, 6.45) is 3.14. The molecule has 0 bridgehead atoms. The lowest BCUT2D eigenvalue weighted by molar-refractivity contribution is 0.112. The summed E-state index contributed by atoms with van der Waals surface area (Å²) in [7, 11) is 2.16. The van der Waals surface area contributed by atoms with Crippen molar-refractivity contribution in [3.63, 3.8) is 0 Å². The third-order valence-corrected chi connectivity index (χ3v) is 4.90. The van der Waals surface area contributed by atoms with E-state index in [9.17, 15) is 4.79 Å². The molecule has 19 heavy (non-hydrogen) atoms. The first-order valence-corrected chi connectivity index (χ1v) is 7.86. The molecule has 4 nitrogen and oxygen atoms in total. The molecule has 2 heterocycles. The Balaban J connectivity index is 2.20. The molecule has 0 aliphatic carbocycles. The maximum Gasteiger partial charge on any atom is 0.186 e. The number of thiazole rings is 1. The van der Waals surface area contributed by atoms with E-state index in [2.05, 4.69) is 30.7 Å². The average Bonchev–Trinajstić information content (AvgIpc) is 2.74. The summed E-state index contributed by atoms with van der Waals surface area (Å²) in [5, 5.41) is 1.02. The van der Waals surface area contributed by atoms with E-state index >= 15 is 0 Å². The van der Waals surface area contributed by atoms with Gasteiger partial charge in [0.2, 0.25) is 0 Å². The van der Waals surface area contributed by atoms with Gasteiger partial charge in [0.1, 0.15) is 0 Å². The molecular formula is C14H23N3OS. The van der Waals surface area contributed by atoms with E-state index in [1.807, 2.05) is 0 Å². The molecule has 106 valence electrons. The van der Waals surface area contributed by atoms with Crippen LogP contribution in [0.2, 0.25) is 0 Å². The first-order valence-electron chi connectivity index (χ1n) is 7.05. The van der Waals surface area contributed by atoms with Crippen molar-refractivity contribution in [3.05, 3.63) is 10.6 Å². The summed E-state index contributed by atoms with van der Waals surface area (Å²) >= 11 is 1.55. The van der Waals surface area contributed by atoms with Crippen molar-refractivity contribution in [2.45, 2.75) is 32.6 Å². The number of carbonyl (C=O) groups is 1. The number of hydrogen-bond donors (Lipinski definition) is 0. The average molecular weight is 281 g/mol. The maximum absolute atomic E-state index is 11.2. The highest BCUT2D eigenvalue weighted by atomic mass is 32.1. The van der Waals surface area contributed by atoms with E-state index < -0.39 is 0 Å². The third kappa shape index (κ3) is 3.34. The zero-order valence-corrected chi connectivity index (χ0v) is 12.9. The van der Waals surface area contributed by atoms with Crippen LogP contribution in [0.15, 0.2) is 0 Å². The lowest BCUT2D eigenvalue weighted by Crippen LogP contribution is -2.28. The lowest BCUT2D eigenvalue weighted by Gasteiger charge is -2.19. The van der Waals surface area contributed by atoms with Crippen LogP contribution in [0.3, 0.4) is 0 Å². The van der Waals surface area contributed by atoms with E-state index in [1.54, 1.807) is 11.3 Å². The van der Waals surface area contributed by atoms with Crippen molar-refractivity contribution in [2.24, 2.45) is 0 Å². The Morgan fingerprint density at radius 2 is 2.16 bits per heavy atom. The molecule has 1 aliphatic heterocycles. The second-order valence-electron chi connectivity index (χ2n) is 5.32. The number of hydrogen-bond acceptors (Lipinski definition) is 5. The van der Waals surface area contributed by atoms with Crippen LogP contribution in [0.4, 0.5) is 5.13 Å². The molecule has 1 fully saturated rings. The molecule has 2 rings (SSSR count). The molecule has 1 aromatic heterocycles. The van der Waals surface area contributed by atoms with Gasteiger partial charge in [-0.25, -0.2) is 4.98 Å². The molecule has 1 unspecified atom stereocenters. The number of rotatable bonds is 4. The van der Waals surface area contributed by atoms with Gasteiger partial charge in [0, 0.05) is 19.6 Å². The summed E-state index contributed by atoms with van der Waals surface area (Å²) in [4.78, 5) is 21.4. The van der Waals surface area contributed by atoms with Gasteiger partial charge >= 0.3 is 0 Å². The topological polar surface area (TPSA) is 36.4 Å². The van der Waals surface area contributed by atoms with Crippen molar-refractivity contribution in [3.8, 4) is 0 Å². The highest BCUT2D eigenvalue weighted by molar-refractivity contribution is 7.17. The number of aromatic nitrogens is 1. The van der Waals surface area contributed by atoms with Gasteiger partial charge in [-0.3, -0.25) is 4.79 Å². The Kier molecular flexibility index (Phi) is 4.93. The minimum Gasteiger partial charge on any atom is -0.347 e. The minimum absolute atomic E-state index is 0.361. The van der Waals surface area contributed by atoms with Crippen molar-refractivity contribution < 1.29 is 4.79 Å². The van der Waals surface area contributed by atoms with Crippen LogP contribution < -0.4 is 4.90 Å². The molecule has 0 amide bonds. The Bertz CT molecular complexity index is 432. The first-order chi connectivity index (χ1) is 9.15. The molecule has 0 saturated carbocycles. The van der Waals surface area contributed by atoms with Gasteiger partial charge in [0.15, 0.2) is 11.4 Å². The zero-order valence-electron chi connectivity index (χ0n) is 12.1. The normalized spacial score (nSPS) is 19.2. The molecule has 1 aromatic rings. The quantitative estimate of drug-likeness (QED) is 0.795. The predicted molar refractivity (Wildman–Crippen MR) is 80.5 cm³/mol. The fraction of sp³-hybridized carbons (Fsp3) is 0.714. The molecule has 1 atom stereocenters. The number of carbonyl (C=O) groups excluding carboxylic acids is 1. The molecule has 0 radical (unpaired) electrons. The number of nitrogens with zero attached hydrogens (tertiary/aromatic N) is 3. The van der Waals surface area contributed by atoms with Gasteiger partial charge in [-0.1, -0.05) is 25.2 Å². The van der Waals surface area contributed by atoms with Gasteiger partial charge in [0.05, 0.1) is 10.6 Å². The van der Waals surface area contributed by atoms with Gasteiger partial charge in [-0.15, -0.1) is 0 Å². The largest absolute Gasteiger partial charge is 0.347 e. The molecule has 5 heteroatoms. The van der Waals surface area contributed by atoms with E-state index in [0.717, 1.165) is 61.0 Å². The number of aldehydes is 1. The van der Waals surface area contributed by atoms with Gasteiger partial charge in [0.25, 0.3) is 0 Å². The SMILES string of the molecule is CCC(C)c1nc(N2CCCN(C)CC2)sc1C=O. The summed E-state index contributed by atoms with van der Waals surface area (Å²) in [6, 6.07) is 0. The minimum atomic E-state index is 0.361. The summed E-state index contributed by atoms with van der Waals surface area (Å²) < 4.78 is 0. The summed E-state index contributed by atoms with van der Waals surface area (Å²) in [5.74, 6) is 0.361. The Morgan fingerprint density at radius 1 is 1.37 bits per heavy atom. The van der Waals surface area contributed by atoms with E-state index in [-0.39, 0.29) is 0 Å².